The number of aryl methyl sites for hydroxylation is 1. The fourth-order valence-electron chi connectivity index (χ4n) is 2.74. The lowest BCUT2D eigenvalue weighted by molar-refractivity contribution is 0.0993. The van der Waals surface area contributed by atoms with E-state index in [2.05, 4.69) is 49.4 Å². The molecule has 0 bridgehead atoms. The summed E-state index contributed by atoms with van der Waals surface area (Å²) < 4.78 is 7.34. The molecule has 1 aromatic carbocycles. The number of nitrogens with zero attached hydrogens (tertiary/aromatic N) is 2. The van der Waals surface area contributed by atoms with Crippen LogP contribution in [0.2, 0.25) is 0 Å². The molecular formula is C21H30N2O2S. The zero-order valence-electron chi connectivity index (χ0n) is 16.9. The molecule has 2 aromatic rings. The van der Waals surface area contributed by atoms with E-state index in [1.807, 2.05) is 26.0 Å². The molecule has 0 amide bonds. The van der Waals surface area contributed by atoms with Gasteiger partial charge in [-0.15, -0.1) is 0 Å². The fraction of sp³-hybridized carbons (Fsp3) is 0.524. The van der Waals surface area contributed by atoms with Crippen LogP contribution in [0.1, 0.15) is 55.0 Å². The number of aromatic nitrogens is 2. The first-order chi connectivity index (χ1) is 12.1. The van der Waals surface area contributed by atoms with Gasteiger partial charge in [-0.1, -0.05) is 56.8 Å². The molecule has 142 valence electrons. The molecule has 5 heteroatoms. The Kier molecular flexibility index (Phi) is 6.69. The van der Waals surface area contributed by atoms with Gasteiger partial charge in [-0.25, -0.2) is 4.98 Å². The van der Waals surface area contributed by atoms with Crippen LogP contribution in [0, 0.1) is 13.8 Å². The van der Waals surface area contributed by atoms with E-state index in [1.54, 1.807) is 7.11 Å². The van der Waals surface area contributed by atoms with Crippen LogP contribution in [-0.4, -0.2) is 34.3 Å². The van der Waals surface area contributed by atoms with E-state index >= 15 is 0 Å². The lowest BCUT2D eigenvalue weighted by Gasteiger charge is -2.19. The van der Waals surface area contributed by atoms with Crippen molar-refractivity contribution >= 4 is 17.5 Å². The van der Waals surface area contributed by atoms with Crippen molar-refractivity contribution in [2.24, 2.45) is 0 Å². The van der Waals surface area contributed by atoms with Crippen molar-refractivity contribution in [3.05, 3.63) is 46.8 Å². The minimum Gasteiger partial charge on any atom is -0.383 e. The van der Waals surface area contributed by atoms with Crippen LogP contribution in [0.15, 0.2) is 29.4 Å². The smallest absolute Gasteiger partial charge is 0.175 e. The number of Topliss-reactive ketones (excluding diaryl/α,β-unsaturated/α-hetero) is 1. The third-order valence-corrected chi connectivity index (χ3v) is 5.72. The summed E-state index contributed by atoms with van der Waals surface area (Å²) in [4.78, 5) is 17.5. The molecule has 2 rings (SSSR count). The molecule has 0 aliphatic rings. The number of carbonyl (C=O) groups excluding carboxylic acids is 1. The largest absolute Gasteiger partial charge is 0.383 e. The number of benzene rings is 1. The number of methoxy groups -OCH3 is 1. The average Bonchev–Trinajstić information content (AvgIpc) is 2.85. The molecule has 0 spiro atoms. The Labute approximate surface area is 161 Å². The van der Waals surface area contributed by atoms with Gasteiger partial charge in [-0.05, 0) is 31.7 Å². The zero-order valence-corrected chi connectivity index (χ0v) is 17.7. The molecule has 0 saturated heterocycles. The predicted octanol–water partition coefficient (Wildman–Crippen LogP) is 4.81. The van der Waals surface area contributed by atoms with E-state index in [9.17, 15) is 4.79 Å². The summed E-state index contributed by atoms with van der Waals surface area (Å²) in [5, 5.41) is 0.683. The maximum atomic E-state index is 12.8. The van der Waals surface area contributed by atoms with Crippen LogP contribution in [0.3, 0.4) is 0 Å². The predicted molar refractivity (Wildman–Crippen MR) is 108 cm³/mol. The number of thioether (sulfide) groups is 1. The van der Waals surface area contributed by atoms with Crippen LogP contribution < -0.4 is 0 Å². The molecule has 1 unspecified atom stereocenters. The molecule has 0 N–H and O–H groups in total. The Bertz CT molecular complexity index is 758. The summed E-state index contributed by atoms with van der Waals surface area (Å²) >= 11 is 1.52. The normalized spacial score (nSPS) is 13.0. The number of carbonyl (C=O) groups is 1. The molecule has 0 fully saturated rings. The maximum absolute atomic E-state index is 12.8. The number of imidazole rings is 1. The van der Waals surface area contributed by atoms with Gasteiger partial charge in [-0.3, -0.25) is 4.79 Å². The first kappa shape index (κ1) is 20.7. The van der Waals surface area contributed by atoms with Gasteiger partial charge in [0.05, 0.1) is 17.6 Å². The van der Waals surface area contributed by atoms with Gasteiger partial charge in [0, 0.05) is 24.9 Å². The molecule has 4 nitrogen and oxygen atoms in total. The van der Waals surface area contributed by atoms with Crippen LogP contribution in [0.25, 0.3) is 0 Å². The van der Waals surface area contributed by atoms with Crippen LogP contribution in [-0.2, 0) is 16.7 Å². The van der Waals surface area contributed by atoms with Gasteiger partial charge in [0.2, 0.25) is 0 Å². The second kappa shape index (κ2) is 8.40. The Hall–Kier alpha value is -1.59. The quantitative estimate of drug-likeness (QED) is 0.515. The molecule has 0 radical (unpaired) electrons. The minimum absolute atomic E-state index is 0.0864. The van der Waals surface area contributed by atoms with E-state index in [0.29, 0.717) is 6.61 Å². The van der Waals surface area contributed by atoms with E-state index in [0.717, 1.165) is 28.7 Å². The molecular weight excluding hydrogens is 344 g/mol. The van der Waals surface area contributed by atoms with Crippen LogP contribution >= 0.6 is 11.8 Å². The van der Waals surface area contributed by atoms with Crippen LogP contribution in [0.5, 0.6) is 0 Å². The Morgan fingerprint density at radius 2 is 1.85 bits per heavy atom. The van der Waals surface area contributed by atoms with Gasteiger partial charge >= 0.3 is 0 Å². The van der Waals surface area contributed by atoms with Gasteiger partial charge in [-0.2, -0.15) is 0 Å². The van der Waals surface area contributed by atoms with Crippen LogP contribution in [0.4, 0.5) is 0 Å². The lowest BCUT2D eigenvalue weighted by Crippen LogP contribution is -2.16. The summed E-state index contributed by atoms with van der Waals surface area (Å²) in [5.41, 5.74) is 4.19. The molecule has 0 aliphatic heterocycles. The first-order valence-corrected chi connectivity index (χ1v) is 9.87. The van der Waals surface area contributed by atoms with E-state index in [4.69, 9.17) is 4.74 Å². The molecule has 1 aromatic heterocycles. The monoisotopic (exact) mass is 374 g/mol. The van der Waals surface area contributed by atoms with Gasteiger partial charge in [0.1, 0.15) is 0 Å². The molecule has 1 atom stereocenters. The van der Waals surface area contributed by atoms with Crippen molar-refractivity contribution in [1.29, 1.82) is 0 Å². The second-order valence-corrected chi connectivity index (χ2v) is 8.97. The maximum Gasteiger partial charge on any atom is 0.175 e. The van der Waals surface area contributed by atoms with Crippen molar-refractivity contribution in [3.8, 4) is 0 Å². The van der Waals surface area contributed by atoms with Gasteiger partial charge < -0.3 is 9.30 Å². The summed E-state index contributed by atoms with van der Waals surface area (Å²) in [6.45, 7) is 13.9. The highest BCUT2D eigenvalue weighted by molar-refractivity contribution is 8.00. The van der Waals surface area contributed by atoms with Gasteiger partial charge in [0.25, 0.3) is 0 Å². The number of ketones is 1. The van der Waals surface area contributed by atoms with Crippen molar-refractivity contribution in [3.63, 3.8) is 0 Å². The molecule has 0 aliphatic carbocycles. The highest BCUT2D eigenvalue weighted by Crippen LogP contribution is 2.28. The number of hydrogen-bond acceptors (Lipinski definition) is 4. The van der Waals surface area contributed by atoms with E-state index < -0.39 is 0 Å². The summed E-state index contributed by atoms with van der Waals surface area (Å²) in [6.07, 6.45) is 0. The standard InChI is InChI=1S/C21H30N2O2S/c1-14-15(2)23(12-13-25-7)20(22-14)26-16(3)19(24)17-8-10-18(11-9-17)21(4,5)6/h8-11,16H,12-13H2,1-7H3. The third kappa shape index (κ3) is 4.77. The first-order valence-electron chi connectivity index (χ1n) is 8.99. The number of ether oxygens (including phenoxy) is 1. The summed E-state index contributed by atoms with van der Waals surface area (Å²) in [5.74, 6) is 0.132. The number of rotatable bonds is 7. The Balaban J connectivity index is 2.16. The average molecular weight is 375 g/mol. The third-order valence-electron chi connectivity index (χ3n) is 4.63. The molecule has 0 saturated carbocycles. The molecule has 26 heavy (non-hydrogen) atoms. The zero-order chi connectivity index (χ0) is 19.5. The fourth-order valence-corrected chi connectivity index (χ4v) is 3.84. The van der Waals surface area contributed by atoms with Crippen molar-refractivity contribution in [1.82, 2.24) is 9.55 Å². The Morgan fingerprint density at radius 3 is 2.38 bits per heavy atom. The topological polar surface area (TPSA) is 44.1 Å². The summed E-state index contributed by atoms with van der Waals surface area (Å²) in [7, 11) is 1.69. The second-order valence-electron chi connectivity index (χ2n) is 7.66. The van der Waals surface area contributed by atoms with Gasteiger partial charge in [0.15, 0.2) is 10.9 Å². The highest BCUT2D eigenvalue weighted by atomic mass is 32.2. The van der Waals surface area contributed by atoms with Crippen molar-refractivity contribution in [2.75, 3.05) is 13.7 Å². The minimum atomic E-state index is -0.196. The van der Waals surface area contributed by atoms with Crippen molar-refractivity contribution < 1.29 is 9.53 Å². The van der Waals surface area contributed by atoms with E-state index in [-0.39, 0.29) is 16.4 Å². The molecule has 1 heterocycles. The van der Waals surface area contributed by atoms with Crippen molar-refractivity contribution in [2.45, 2.75) is 63.9 Å². The van der Waals surface area contributed by atoms with E-state index in [1.165, 1.54) is 17.3 Å². The summed E-state index contributed by atoms with van der Waals surface area (Å²) in [6, 6.07) is 7.98. The lowest BCUT2D eigenvalue weighted by atomic mass is 9.86. The SMILES string of the molecule is COCCn1c(SC(C)C(=O)c2ccc(C(C)(C)C)cc2)nc(C)c1C. The number of hydrogen-bond donors (Lipinski definition) is 0. The highest BCUT2D eigenvalue weighted by Gasteiger charge is 2.21. The Morgan fingerprint density at radius 1 is 1.23 bits per heavy atom.